The molecule has 0 aliphatic carbocycles. The predicted molar refractivity (Wildman–Crippen MR) is 108 cm³/mol. The number of carbonyl (C=O) groups is 3. The van der Waals surface area contributed by atoms with Crippen molar-refractivity contribution < 1.29 is 23.9 Å². The van der Waals surface area contributed by atoms with Crippen LogP contribution < -0.4 is 4.74 Å². The lowest BCUT2D eigenvalue weighted by molar-refractivity contribution is -0.132. The first-order chi connectivity index (χ1) is 12.9. The second-order valence-electron chi connectivity index (χ2n) is 6.38. The van der Waals surface area contributed by atoms with E-state index in [2.05, 4.69) is 20.7 Å². The fourth-order valence-electron chi connectivity index (χ4n) is 2.84. The van der Waals surface area contributed by atoms with Crippen LogP contribution >= 0.6 is 15.9 Å². The molecule has 1 aromatic rings. The van der Waals surface area contributed by atoms with Gasteiger partial charge >= 0.3 is 5.97 Å². The summed E-state index contributed by atoms with van der Waals surface area (Å²) < 4.78 is 11.1. The normalized spacial score (nSPS) is 10.7. The molecule has 0 radical (unpaired) electrons. The molecule has 0 saturated carbocycles. The summed E-state index contributed by atoms with van der Waals surface area (Å²) >= 11 is 3.40. The number of carbonyl (C=O) groups excluding carboxylic acids is 3. The molecular weight excluding hydrogens is 412 g/mol. The summed E-state index contributed by atoms with van der Waals surface area (Å²) in [6.07, 6.45) is 5.21. The molecule has 0 saturated heterocycles. The SMILES string of the molecule is CCC(=O)C(CCCCCCOc1ccc(C(=O)OC)cc1Br)C(=O)CC. The second-order valence-corrected chi connectivity index (χ2v) is 7.23. The number of methoxy groups -OCH3 is 1. The van der Waals surface area contributed by atoms with Gasteiger partial charge in [-0.1, -0.05) is 33.1 Å². The molecule has 6 heteroatoms. The van der Waals surface area contributed by atoms with Crippen LogP contribution in [0.2, 0.25) is 0 Å². The van der Waals surface area contributed by atoms with Crippen molar-refractivity contribution >= 4 is 33.5 Å². The molecule has 27 heavy (non-hydrogen) atoms. The number of halogens is 1. The maximum atomic E-state index is 11.9. The molecule has 150 valence electrons. The maximum Gasteiger partial charge on any atom is 0.337 e. The Hall–Kier alpha value is -1.69. The Labute approximate surface area is 169 Å². The largest absolute Gasteiger partial charge is 0.492 e. The molecule has 5 nitrogen and oxygen atoms in total. The van der Waals surface area contributed by atoms with E-state index in [9.17, 15) is 14.4 Å². The predicted octanol–water partition coefficient (Wildman–Crippen LogP) is 5.14. The van der Waals surface area contributed by atoms with Gasteiger partial charge < -0.3 is 9.47 Å². The van der Waals surface area contributed by atoms with Crippen LogP contribution in [0.5, 0.6) is 5.75 Å². The monoisotopic (exact) mass is 440 g/mol. The standard InChI is InChI=1S/C21H29BrO5/c1-4-18(23)16(19(24)5-2)10-8-6-7-9-13-27-20-12-11-15(14-17(20)22)21(25)26-3/h11-12,14,16H,4-10,13H2,1-3H3. The molecule has 0 heterocycles. The summed E-state index contributed by atoms with van der Waals surface area (Å²) in [6, 6.07) is 5.09. The highest BCUT2D eigenvalue weighted by Crippen LogP contribution is 2.26. The van der Waals surface area contributed by atoms with Crippen molar-refractivity contribution in [1.29, 1.82) is 0 Å². The van der Waals surface area contributed by atoms with Gasteiger partial charge in [-0.2, -0.15) is 0 Å². The van der Waals surface area contributed by atoms with Gasteiger partial charge in [0.15, 0.2) is 0 Å². The number of hydrogen-bond acceptors (Lipinski definition) is 5. The molecule has 0 atom stereocenters. The van der Waals surface area contributed by atoms with E-state index >= 15 is 0 Å². The van der Waals surface area contributed by atoms with Crippen LogP contribution in [-0.4, -0.2) is 31.3 Å². The number of unbranched alkanes of at least 4 members (excludes halogenated alkanes) is 3. The Morgan fingerprint density at radius 3 is 2.19 bits per heavy atom. The van der Waals surface area contributed by atoms with Gasteiger partial charge in [0.25, 0.3) is 0 Å². The van der Waals surface area contributed by atoms with Gasteiger partial charge in [-0.05, 0) is 47.0 Å². The van der Waals surface area contributed by atoms with E-state index in [1.807, 2.05) is 13.8 Å². The van der Waals surface area contributed by atoms with Crippen molar-refractivity contribution in [2.75, 3.05) is 13.7 Å². The molecule has 0 unspecified atom stereocenters. The lowest BCUT2D eigenvalue weighted by atomic mass is 9.90. The Bertz CT molecular complexity index is 625. The number of rotatable bonds is 13. The van der Waals surface area contributed by atoms with E-state index in [1.54, 1.807) is 18.2 Å². The number of Topliss-reactive ketones (excluding diaryl/α,β-unsaturated/α-hetero) is 2. The highest BCUT2D eigenvalue weighted by molar-refractivity contribution is 9.10. The molecule has 0 N–H and O–H groups in total. The zero-order chi connectivity index (χ0) is 20.2. The molecular formula is C21H29BrO5. The highest BCUT2D eigenvalue weighted by Gasteiger charge is 2.22. The van der Waals surface area contributed by atoms with Crippen molar-refractivity contribution in [2.45, 2.75) is 58.8 Å². The molecule has 1 aromatic carbocycles. The summed E-state index contributed by atoms with van der Waals surface area (Å²) in [4.78, 5) is 35.2. The molecule has 0 fully saturated rings. The van der Waals surface area contributed by atoms with Crippen molar-refractivity contribution in [3.8, 4) is 5.75 Å². The average molecular weight is 441 g/mol. The highest BCUT2D eigenvalue weighted by atomic mass is 79.9. The first-order valence-electron chi connectivity index (χ1n) is 9.50. The first-order valence-corrected chi connectivity index (χ1v) is 10.3. The van der Waals surface area contributed by atoms with E-state index in [1.165, 1.54) is 7.11 Å². The van der Waals surface area contributed by atoms with Gasteiger partial charge in [-0.15, -0.1) is 0 Å². The van der Waals surface area contributed by atoms with E-state index in [-0.39, 0.29) is 17.5 Å². The lowest BCUT2D eigenvalue weighted by Gasteiger charge is -2.13. The van der Waals surface area contributed by atoms with E-state index in [0.717, 1.165) is 25.7 Å². The topological polar surface area (TPSA) is 69.7 Å². The third-order valence-electron chi connectivity index (χ3n) is 4.47. The third kappa shape index (κ3) is 7.83. The molecule has 0 aromatic heterocycles. The molecule has 0 spiro atoms. The molecule has 0 amide bonds. The van der Waals surface area contributed by atoms with Gasteiger partial charge in [0.1, 0.15) is 17.3 Å². The average Bonchev–Trinajstić information content (AvgIpc) is 2.69. The van der Waals surface area contributed by atoms with Crippen LogP contribution in [-0.2, 0) is 14.3 Å². The minimum atomic E-state index is -0.416. The quantitative estimate of drug-likeness (QED) is 0.241. The number of ketones is 2. The Balaban J connectivity index is 2.30. The van der Waals surface area contributed by atoms with Crippen LogP contribution in [0.4, 0.5) is 0 Å². The summed E-state index contributed by atoms with van der Waals surface area (Å²) in [6.45, 7) is 4.19. The first kappa shape index (κ1) is 23.3. The minimum Gasteiger partial charge on any atom is -0.492 e. The molecule has 0 aliphatic rings. The number of esters is 1. The zero-order valence-corrected chi connectivity index (χ0v) is 18.0. The molecule has 0 aliphatic heterocycles. The van der Waals surface area contributed by atoms with Gasteiger partial charge in [0.05, 0.1) is 29.7 Å². The van der Waals surface area contributed by atoms with Gasteiger partial charge in [0.2, 0.25) is 0 Å². The molecule has 0 bridgehead atoms. The zero-order valence-electron chi connectivity index (χ0n) is 16.4. The Morgan fingerprint density at radius 2 is 1.63 bits per heavy atom. The van der Waals surface area contributed by atoms with Crippen molar-refractivity contribution in [3.05, 3.63) is 28.2 Å². The van der Waals surface area contributed by atoms with E-state index in [0.29, 0.717) is 41.7 Å². The molecule has 1 rings (SSSR count). The minimum absolute atomic E-state index is 0.0606. The van der Waals surface area contributed by atoms with Crippen LogP contribution in [0.15, 0.2) is 22.7 Å². The smallest absolute Gasteiger partial charge is 0.337 e. The fraction of sp³-hybridized carbons (Fsp3) is 0.571. The van der Waals surface area contributed by atoms with Gasteiger partial charge in [-0.3, -0.25) is 9.59 Å². The van der Waals surface area contributed by atoms with Crippen molar-refractivity contribution in [2.24, 2.45) is 5.92 Å². The summed E-state index contributed by atoms with van der Waals surface area (Å²) in [5, 5.41) is 0. The lowest BCUT2D eigenvalue weighted by Crippen LogP contribution is -2.22. The summed E-state index contributed by atoms with van der Waals surface area (Å²) in [5.74, 6) is 0.00451. The Morgan fingerprint density at radius 1 is 1.00 bits per heavy atom. The second kappa shape index (κ2) is 12.7. The van der Waals surface area contributed by atoms with Crippen molar-refractivity contribution in [1.82, 2.24) is 0 Å². The van der Waals surface area contributed by atoms with Crippen LogP contribution in [0.25, 0.3) is 0 Å². The number of ether oxygens (including phenoxy) is 2. The van der Waals surface area contributed by atoms with Crippen LogP contribution in [0, 0.1) is 5.92 Å². The van der Waals surface area contributed by atoms with Crippen molar-refractivity contribution in [3.63, 3.8) is 0 Å². The summed E-state index contributed by atoms with van der Waals surface area (Å²) in [7, 11) is 1.35. The number of hydrogen-bond donors (Lipinski definition) is 0. The van der Waals surface area contributed by atoms with Gasteiger partial charge in [-0.25, -0.2) is 4.79 Å². The summed E-state index contributed by atoms with van der Waals surface area (Å²) in [5.41, 5.74) is 0.467. The van der Waals surface area contributed by atoms with Crippen LogP contribution in [0.3, 0.4) is 0 Å². The van der Waals surface area contributed by atoms with Crippen LogP contribution in [0.1, 0.15) is 69.2 Å². The van der Waals surface area contributed by atoms with E-state index < -0.39 is 5.92 Å². The number of benzene rings is 1. The third-order valence-corrected chi connectivity index (χ3v) is 5.09. The maximum absolute atomic E-state index is 11.9. The Kier molecular flexibility index (Phi) is 10.9. The fourth-order valence-corrected chi connectivity index (χ4v) is 3.34. The van der Waals surface area contributed by atoms with Gasteiger partial charge in [0, 0.05) is 12.8 Å². The van der Waals surface area contributed by atoms with E-state index in [4.69, 9.17) is 4.74 Å².